The van der Waals surface area contributed by atoms with Crippen molar-refractivity contribution in [3.05, 3.63) is 0 Å². The first-order chi connectivity index (χ1) is 2.00. The molecular formula is Br2CoF2-2. The van der Waals surface area contributed by atoms with Gasteiger partial charge in [-0.1, -0.05) is 0 Å². The Morgan fingerprint density at radius 2 is 1.20 bits per heavy atom. The molecule has 0 saturated carbocycles. The quantitative estimate of drug-likeness (QED) is 0.625. The van der Waals surface area contributed by atoms with Crippen molar-refractivity contribution in [2.75, 3.05) is 0 Å². The average molecular weight is 257 g/mol. The van der Waals surface area contributed by atoms with E-state index >= 15 is 0 Å². The topological polar surface area (TPSA) is 0 Å². The van der Waals surface area contributed by atoms with Gasteiger partial charge in [-0.05, 0) is 0 Å². The van der Waals surface area contributed by atoms with Crippen LogP contribution in [0.3, 0.4) is 0 Å². The Labute approximate surface area is 45.5 Å². The molecule has 0 aliphatic carbocycles. The molecule has 0 aromatic heterocycles. The van der Waals surface area contributed by atoms with E-state index in [-0.39, 0.29) is 0 Å². The number of hydrogen-bond donors (Lipinski definition) is 0. The van der Waals surface area contributed by atoms with Crippen molar-refractivity contribution in [1.82, 2.24) is 0 Å². The predicted molar refractivity (Wildman–Crippen MR) is 20.1 cm³/mol. The summed E-state index contributed by atoms with van der Waals surface area (Å²) in [6, 6.07) is 0. The summed E-state index contributed by atoms with van der Waals surface area (Å²) in [6.45, 7) is 0. The first-order valence-electron chi connectivity index (χ1n) is 0.504. The molecule has 0 saturated heterocycles. The first-order valence-corrected chi connectivity index (χ1v) is 6.44. The van der Waals surface area contributed by atoms with Crippen molar-refractivity contribution in [2.45, 2.75) is 0 Å². The van der Waals surface area contributed by atoms with Crippen molar-refractivity contribution >= 4 is 28.3 Å². The second-order valence-electron chi connectivity index (χ2n) is 0.286. The van der Waals surface area contributed by atoms with Gasteiger partial charge in [-0.15, -0.1) is 0 Å². The minimum atomic E-state index is -3.75. The monoisotopic (exact) mass is 255 g/mol. The molecule has 0 nitrogen and oxygen atoms in total. The van der Waals surface area contributed by atoms with Crippen LogP contribution in [0, 0.1) is 0 Å². The maximum absolute atomic E-state index is 11.0. The summed E-state index contributed by atoms with van der Waals surface area (Å²) < 4.78 is 21.9. The van der Waals surface area contributed by atoms with Gasteiger partial charge in [0.25, 0.3) is 0 Å². The molecular weight excluding hydrogens is 257 g/mol. The summed E-state index contributed by atoms with van der Waals surface area (Å²) in [7, 11) is -3.75. The van der Waals surface area contributed by atoms with Crippen LogP contribution >= 0.6 is 28.3 Å². The van der Waals surface area contributed by atoms with Crippen LogP contribution < -0.4 is 0 Å². The van der Waals surface area contributed by atoms with Gasteiger partial charge in [-0.2, -0.15) is 0 Å². The van der Waals surface area contributed by atoms with Crippen molar-refractivity contribution < 1.29 is 17.1 Å². The molecule has 39 valence electrons. The summed E-state index contributed by atoms with van der Waals surface area (Å²) in [5.74, 6) is 0. The van der Waals surface area contributed by atoms with E-state index < -0.39 is 9.93 Å². The van der Waals surface area contributed by atoms with Crippen LogP contribution in [0.4, 0.5) is 7.16 Å². The van der Waals surface area contributed by atoms with Crippen LogP contribution in [-0.4, -0.2) is 0 Å². The Balaban J connectivity index is 3.02. The van der Waals surface area contributed by atoms with E-state index in [4.69, 9.17) is 0 Å². The van der Waals surface area contributed by atoms with Crippen LogP contribution in [-0.2, 0) is 9.93 Å². The van der Waals surface area contributed by atoms with E-state index in [0.29, 0.717) is 0 Å². The summed E-state index contributed by atoms with van der Waals surface area (Å²) in [4.78, 5) is 0. The molecule has 0 spiro atoms. The molecule has 0 amide bonds. The Kier molecular flexibility index (Phi) is 2.35. The van der Waals surface area contributed by atoms with Crippen molar-refractivity contribution in [3.63, 3.8) is 0 Å². The number of rotatable bonds is 0. The van der Waals surface area contributed by atoms with Gasteiger partial charge in [0.05, 0.1) is 0 Å². The Morgan fingerprint density at radius 3 is 1.20 bits per heavy atom. The van der Waals surface area contributed by atoms with E-state index in [1.807, 2.05) is 0 Å². The molecule has 0 heterocycles. The number of hydrogen-bond acceptors (Lipinski definition) is 0. The van der Waals surface area contributed by atoms with E-state index in [1.54, 1.807) is 0 Å². The Hall–Kier alpha value is 1.33. The van der Waals surface area contributed by atoms with Crippen molar-refractivity contribution in [2.24, 2.45) is 0 Å². The van der Waals surface area contributed by atoms with Gasteiger partial charge < -0.3 is 0 Å². The third kappa shape index (κ3) is 33.5. The second-order valence-corrected chi connectivity index (χ2v) is 9.58. The van der Waals surface area contributed by atoms with E-state index in [2.05, 4.69) is 28.3 Å². The average Bonchev–Trinajstić information content (AvgIpc) is 0.722. The van der Waals surface area contributed by atoms with Crippen LogP contribution in [0.5, 0.6) is 0 Å². The maximum atomic E-state index is 11.0. The minimum absolute atomic E-state index is 2.07. The van der Waals surface area contributed by atoms with Gasteiger partial charge in [0.2, 0.25) is 0 Å². The zero-order valence-corrected chi connectivity index (χ0v) is 6.06. The molecule has 0 rings (SSSR count). The molecule has 0 atom stereocenters. The van der Waals surface area contributed by atoms with Crippen LogP contribution in [0.2, 0.25) is 0 Å². The van der Waals surface area contributed by atoms with Gasteiger partial charge in [0, 0.05) is 0 Å². The molecule has 0 aliphatic rings. The third-order valence-electron chi connectivity index (χ3n) is 0. The molecule has 0 aliphatic heterocycles. The van der Waals surface area contributed by atoms with Gasteiger partial charge in [0.15, 0.2) is 0 Å². The molecule has 5 heteroatoms. The fourth-order valence-corrected chi connectivity index (χ4v) is 0. The van der Waals surface area contributed by atoms with E-state index in [9.17, 15) is 7.16 Å². The van der Waals surface area contributed by atoms with E-state index in [0.717, 1.165) is 0 Å². The first kappa shape index (κ1) is 6.33. The summed E-state index contributed by atoms with van der Waals surface area (Å²) in [6.07, 6.45) is 0. The predicted octanol–water partition coefficient (Wildman–Crippen LogP) is 2.53. The molecule has 0 unspecified atom stereocenters. The van der Waals surface area contributed by atoms with Gasteiger partial charge in [0.1, 0.15) is 0 Å². The Bertz CT molecular complexity index is 23.1. The zero-order valence-electron chi connectivity index (χ0n) is 1.85. The third-order valence-corrected chi connectivity index (χ3v) is 0. The molecule has 0 aromatic rings. The fourth-order valence-electron chi connectivity index (χ4n) is 0. The molecule has 0 fully saturated rings. The van der Waals surface area contributed by atoms with Crippen LogP contribution in [0.1, 0.15) is 0 Å². The van der Waals surface area contributed by atoms with E-state index in [1.165, 1.54) is 0 Å². The second kappa shape index (κ2) is 1.86. The van der Waals surface area contributed by atoms with Crippen molar-refractivity contribution in [3.8, 4) is 0 Å². The standard InChI is InChI=1S/2BrH.Co.2FH/h2*1H;;2*1H/q;;+2;;/p-4. The fraction of sp³-hybridized carbons (Fsp3) is 0. The van der Waals surface area contributed by atoms with Crippen LogP contribution in [0.15, 0.2) is 0 Å². The van der Waals surface area contributed by atoms with Gasteiger partial charge in [-0.25, -0.2) is 0 Å². The van der Waals surface area contributed by atoms with Crippen molar-refractivity contribution in [1.29, 1.82) is 0 Å². The van der Waals surface area contributed by atoms with Gasteiger partial charge >= 0.3 is 45.4 Å². The molecule has 0 aromatic carbocycles. The summed E-state index contributed by atoms with van der Waals surface area (Å²) in [5.41, 5.74) is 0. The molecule has 5 heavy (non-hydrogen) atoms. The summed E-state index contributed by atoms with van der Waals surface area (Å²) in [5, 5.41) is 0. The SMILES string of the molecule is [F][Co-2]([F])([Br])[Br]. The normalized spacial score (nSPS) is 15.2. The Morgan fingerprint density at radius 1 is 1.20 bits per heavy atom. The molecule has 0 N–H and O–H groups in total. The van der Waals surface area contributed by atoms with Gasteiger partial charge in [-0.3, -0.25) is 0 Å². The molecule has 0 radical (unpaired) electrons. The van der Waals surface area contributed by atoms with Crippen LogP contribution in [0.25, 0.3) is 0 Å². The molecule has 0 bridgehead atoms. The summed E-state index contributed by atoms with van der Waals surface area (Å²) >= 11 is 4.14. The zero-order chi connectivity index (χ0) is 4.50. The number of halogens is 4.